The first kappa shape index (κ1) is 33.6. The molecular formula is C36H61NO2. The van der Waals surface area contributed by atoms with Crippen molar-refractivity contribution in [3.8, 4) is 5.75 Å². The van der Waals surface area contributed by atoms with Gasteiger partial charge in [-0.2, -0.15) is 0 Å². The Hall–Kier alpha value is -1.61. The Morgan fingerprint density at radius 3 is 1.92 bits per heavy atom. The molecule has 2 atom stereocenters. The Kier molecular flexibility index (Phi) is 16.8. The van der Waals surface area contributed by atoms with Crippen molar-refractivity contribution in [1.29, 1.82) is 0 Å². The standard InChI is InChI=1S/C36H61NO2/c1-8-10-11-12-13-14-15-16-17-18-19-20-21-23-31-24-22-25-34(39-28(3)4)35(31)36-32(9-2)29(5)37-30(6)33(36)26-27-38-7/h22,24-25,28,32,36H,8-21,23,26-27H2,1-7H3. The van der Waals surface area contributed by atoms with Crippen LogP contribution >= 0.6 is 0 Å². The second-order valence-corrected chi connectivity index (χ2v) is 12.1. The predicted octanol–water partition coefficient (Wildman–Crippen LogP) is 11.0. The number of aryl methyl sites for hydroxylation is 1. The van der Waals surface area contributed by atoms with Gasteiger partial charge >= 0.3 is 0 Å². The van der Waals surface area contributed by atoms with Crippen molar-refractivity contribution in [1.82, 2.24) is 0 Å². The Bertz CT molecular complexity index is 869. The summed E-state index contributed by atoms with van der Waals surface area (Å²) in [5.41, 5.74) is 6.74. The number of hydrogen-bond donors (Lipinski definition) is 0. The molecule has 3 heteroatoms. The molecule has 0 bridgehead atoms. The highest BCUT2D eigenvalue weighted by atomic mass is 16.5. The number of methoxy groups -OCH3 is 1. The zero-order chi connectivity index (χ0) is 28.5. The topological polar surface area (TPSA) is 30.8 Å². The predicted molar refractivity (Wildman–Crippen MR) is 170 cm³/mol. The van der Waals surface area contributed by atoms with Crippen LogP contribution < -0.4 is 4.74 Å². The molecule has 0 fully saturated rings. The van der Waals surface area contributed by atoms with Gasteiger partial charge in [-0.25, -0.2) is 0 Å². The van der Waals surface area contributed by atoms with E-state index < -0.39 is 0 Å². The maximum Gasteiger partial charge on any atom is 0.123 e. The fraction of sp³-hybridized carbons (Fsp3) is 0.750. The molecule has 1 aromatic rings. The molecule has 0 spiro atoms. The molecule has 2 rings (SSSR count). The van der Waals surface area contributed by atoms with Gasteiger partial charge < -0.3 is 9.47 Å². The molecule has 0 N–H and O–H groups in total. The normalized spacial score (nSPS) is 17.7. The number of hydrogen-bond acceptors (Lipinski definition) is 3. The summed E-state index contributed by atoms with van der Waals surface area (Å²) >= 11 is 0. The monoisotopic (exact) mass is 539 g/mol. The van der Waals surface area contributed by atoms with E-state index in [0.29, 0.717) is 11.8 Å². The molecule has 1 heterocycles. The van der Waals surface area contributed by atoms with Crippen LogP contribution in [0.25, 0.3) is 0 Å². The summed E-state index contributed by atoms with van der Waals surface area (Å²) in [5, 5.41) is 0. The molecule has 3 nitrogen and oxygen atoms in total. The third-order valence-corrected chi connectivity index (χ3v) is 8.52. The Morgan fingerprint density at radius 1 is 0.795 bits per heavy atom. The lowest BCUT2D eigenvalue weighted by atomic mass is 9.71. The third kappa shape index (κ3) is 11.4. The summed E-state index contributed by atoms with van der Waals surface area (Å²) in [7, 11) is 1.80. The third-order valence-electron chi connectivity index (χ3n) is 8.52. The Balaban J connectivity index is 2.03. The van der Waals surface area contributed by atoms with Gasteiger partial charge in [0, 0.05) is 42.5 Å². The quantitative estimate of drug-likeness (QED) is 0.145. The number of nitrogens with zero attached hydrogens (tertiary/aromatic N) is 1. The summed E-state index contributed by atoms with van der Waals surface area (Å²) in [6.45, 7) is 14.0. The van der Waals surface area contributed by atoms with Crippen molar-refractivity contribution in [2.75, 3.05) is 13.7 Å². The van der Waals surface area contributed by atoms with Gasteiger partial charge in [0.1, 0.15) is 5.75 Å². The lowest BCUT2D eigenvalue weighted by Crippen LogP contribution is -2.28. The van der Waals surface area contributed by atoms with Crippen LogP contribution in [0, 0.1) is 5.92 Å². The first-order valence-electron chi connectivity index (χ1n) is 16.5. The number of unbranched alkanes of at least 4 members (excludes halogenated alkanes) is 12. The van der Waals surface area contributed by atoms with E-state index in [9.17, 15) is 0 Å². The largest absolute Gasteiger partial charge is 0.491 e. The number of allylic oxidation sites excluding steroid dienone is 1. The zero-order valence-electron chi connectivity index (χ0n) is 26.7. The highest BCUT2D eigenvalue weighted by molar-refractivity contribution is 5.88. The van der Waals surface area contributed by atoms with E-state index in [0.717, 1.165) is 31.6 Å². The fourth-order valence-corrected chi connectivity index (χ4v) is 6.43. The maximum absolute atomic E-state index is 6.48. The Morgan fingerprint density at radius 2 is 1.38 bits per heavy atom. The second kappa shape index (κ2) is 19.5. The molecule has 1 aliphatic rings. The molecule has 0 radical (unpaired) electrons. The van der Waals surface area contributed by atoms with Gasteiger partial charge in [-0.1, -0.05) is 103 Å². The van der Waals surface area contributed by atoms with E-state index in [2.05, 4.69) is 59.7 Å². The smallest absolute Gasteiger partial charge is 0.123 e. The van der Waals surface area contributed by atoms with Crippen molar-refractivity contribution < 1.29 is 9.47 Å². The first-order chi connectivity index (χ1) is 18.9. The number of aliphatic imine (C=N–C) groups is 1. The summed E-state index contributed by atoms with van der Waals surface area (Å²) in [5.74, 6) is 1.79. The lowest BCUT2D eigenvalue weighted by molar-refractivity contribution is 0.199. The van der Waals surface area contributed by atoms with Crippen LogP contribution in [0.15, 0.2) is 34.5 Å². The van der Waals surface area contributed by atoms with Crippen molar-refractivity contribution >= 4 is 5.71 Å². The highest BCUT2D eigenvalue weighted by Gasteiger charge is 2.35. The zero-order valence-corrected chi connectivity index (χ0v) is 26.7. The molecule has 0 aromatic heterocycles. The van der Waals surface area contributed by atoms with Gasteiger partial charge in [0.15, 0.2) is 0 Å². The molecule has 1 aromatic carbocycles. The van der Waals surface area contributed by atoms with Crippen molar-refractivity contribution in [2.24, 2.45) is 10.9 Å². The highest BCUT2D eigenvalue weighted by Crippen LogP contribution is 2.46. The van der Waals surface area contributed by atoms with E-state index in [1.807, 2.05) is 0 Å². The molecule has 0 aliphatic carbocycles. The van der Waals surface area contributed by atoms with E-state index in [-0.39, 0.29) is 6.10 Å². The van der Waals surface area contributed by atoms with Gasteiger partial charge in [-0.3, -0.25) is 4.99 Å². The minimum Gasteiger partial charge on any atom is -0.491 e. The second-order valence-electron chi connectivity index (χ2n) is 12.1. The number of ether oxygens (including phenoxy) is 2. The van der Waals surface area contributed by atoms with E-state index in [1.54, 1.807) is 7.11 Å². The lowest BCUT2D eigenvalue weighted by Gasteiger charge is -2.36. The van der Waals surface area contributed by atoms with Crippen molar-refractivity contribution in [3.05, 3.63) is 40.6 Å². The van der Waals surface area contributed by atoms with E-state index in [4.69, 9.17) is 14.5 Å². The summed E-state index contributed by atoms with van der Waals surface area (Å²) in [6, 6.07) is 6.76. The SMILES string of the molecule is CCCCCCCCCCCCCCCc1cccc(OC(C)C)c1C1C(CCOC)=C(C)N=C(C)C1CC. The van der Waals surface area contributed by atoms with Gasteiger partial charge in [-0.15, -0.1) is 0 Å². The molecule has 0 saturated heterocycles. The van der Waals surface area contributed by atoms with Gasteiger partial charge in [0.2, 0.25) is 0 Å². The van der Waals surface area contributed by atoms with E-state index >= 15 is 0 Å². The van der Waals surface area contributed by atoms with Crippen LogP contribution in [0.5, 0.6) is 5.75 Å². The summed E-state index contributed by atoms with van der Waals surface area (Å²) in [4.78, 5) is 5.00. The fourth-order valence-electron chi connectivity index (χ4n) is 6.43. The summed E-state index contributed by atoms with van der Waals surface area (Å²) in [6.07, 6.45) is 21.4. The van der Waals surface area contributed by atoms with Gasteiger partial charge in [-0.05, 0) is 70.6 Å². The molecule has 0 amide bonds. The minimum absolute atomic E-state index is 0.154. The molecule has 39 heavy (non-hydrogen) atoms. The van der Waals surface area contributed by atoms with Crippen LogP contribution in [0.2, 0.25) is 0 Å². The number of benzene rings is 1. The molecule has 2 unspecified atom stereocenters. The van der Waals surface area contributed by atoms with Crippen LogP contribution in [0.4, 0.5) is 0 Å². The van der Waals surface area contributed by atoms with Gasteiger partial charge in [0.05, 0.1) is 6.10 Å². The molecular weight excluding hydrogens is 478 g/mol. The minimum atomic E-state index is 0.154. The molecule has 0 saturated carbocycles. The average molecular weight is 540 g/mol. The molecule has 1 aliphatic heterocycles. The van der Waals surface area contributed by atoms with Crippen LogP contribution in [-0.2, 0) is 11.2 Å². The average Bonchev–Trinajstić information content (AvgIpc) is 2.90. The maximum atomic E-state index is 6.48. The molecule has 222 valence electrons. The van der Waals surface area contributed by atoms with Gasteiger partial charge in [0.25, 0.3) is 0 Å². The Labute approximate surface area is 242 Å². The number of rotatable bonds is 21. The van der Waals surface area contributed by atoms with Crippen LogP contribution in [0.1, 0.15) is 155 Å². The first-order valence-corrected chi connectivity index (χ1v) is 16.5. The van der Waals surface area contributed by atoms with E-state index in [1.165, 1.54) is 112 Å². The summed E-state index contributed by atoms with van der Waals surface area (Å²) < 4.78 is 12.0. The van der Waals surface area contributed by atoms with Crippen LogP contribution in [0.3, 0.4) is 0 Å². The van der Waals surface area contributed by atoms with Crippen LogP contribution in [-0.4, -0.2) is 25.5 Å². The van der Waals surface area contributed by atoms with Crippen molar-refractivity contribution in [2.45, 2.75) is 156 Å². The van der Waals surface area contributed by atoms with Crippen molar-refractivity contribution in [3.63, 3.8) is 0 Å².